The second kappa shape index (κ2) is 6.06. The molecular formula is C13H17BrN2O3. The molecule has 0 unspecified atom stereocenters. The van der Waals surface area contributed by atoms with Gasteiger partial charge in [-0.1, -0.05) is 15.9 Å². The third kappa shape index (κ3) is 4.55. The van der Waals surface area contributed by atoms with Crippen LogP contribution >= 0.6 is 15.9 Å². The lowest BCUT2D eigenvalue weighted by molar-refractivity contribution is -0.146. The summed E-state index contributed by atoms with van der Waals surface area (Å²) in [5.74, 6) is -0.951. The van der Waals surface area contributed by atoms with Gasteiger partial charge in [0.1, 0.15) is 0 Å². The molecule has 0 aromatic heterocycles. The van der Waals surface area contributed by atoms with E-state index in [2.05, 4.69) is 26.6 Å². The van der Waals surface area contributed by atoms with Crippen LogP contribution in [0.5, 0.6) is 0 Å². The van der Waals surface area contributed by atoms with Crippen LogP contribution in [0.2, 0.25) is 0 Å². The van der Waals surface area contributed by atoms with Gasteiger partial charge in [-0.3, -0.25) is 4.79 Å². The molecule has 1 rings (SSSR count). The molecule has 0 spiro atoms. The lowest BCUT2D eigenvalue weighted by Gasteiger charge is -2.19. The Balaban J connectivity index is 2.59. The third-order valence-electron chi connectivity index (χ3n) is 2.71. The summed E-state index contributed by atoms with van der Waals surface area (Å²) in [5.41, 5.74) is 0.613. The Kier molecular flexibility index (Phi) is 4.94. The smallest absolute Gasteiger partial charge is 0.319 e. The largest absolute Gasteiger partial charge is 0.481 e. The van der Waals surface area contributed by atoms with Gasteiger partial charge in [-0.2, -0.15) is 0 Å². The zero-order valence-corrected chi connectivity index (χ0v) is 12.7. The second-order valence-corrected chi connectivity index (χ2v) is 5.87. The summed E-state index contributed by atoms with van der Waals surface area (Å²) in [6, 6.07) is 5.07. The van der Waals surface area contributed by atoms with Crippen molar-refractivity contribution in [1.82, 2.24) is 5.32 Å². The fourth-order valence-electron chi connectivity index (χ4n) is 1.31. The molecule has 0 fully saturated rings. The van der Waals surface area contributed by atoms with E-state index in [4.69, 9.17) is 5.11 Å². The molecule has 104 valence electrons. The van der Waals surface area contributed by atoms with Crippen molar-refractivity contribution < 1.29 is 14.7 Å². The van der Waals surface area contributed by atoms with Crippen LogP contribution in [0, 0.1) is 12.3 Å². The van der Waals surface area contributed by atoms with Crippen LogP contribution in [0.4, 0.5) is 10.5 Å². The number of hydrogen-bond acceptors (Lipinski definition) is 2. The van der Waals surface area contributed by atoms with Crippen LogP contribution in [-0.4, -0.2) is 23.7 Å². The maximum Gasteiger partial charge on any atom is 0.319 e. The van der Waals surface area contributed by atoms with Crippen molar-refractivity contribution in [3.05, 3.63) is 28.2 Å². The SMILES string of the molecule is Cc1cc(Br)ccc1NC(=O)NCC(C)(C)C(=O)O. The first-order valence-electron chi connectivity index (χ1n) is 5.77. The van der Waals surface area contributed by atoms with Crippen LogP contribution in [0.3, 0.4) is 0 Å². The summed E-state index contributed by atoms with van der Waals surface area (Å²) in [6.45, 7) is 5.05. The number of carbonyl (C=O) groups excluding carboxylic acids is 1. The Hall–Kier alpha value is -1.56. The molecule has 6 heteroatoms. The van der Waals surface area contributed by atoms with Crippen LogP contribution in [-0.2, 0) is 4.79 Å². The molecule has 0 saturated heterocycles. The minimum absolute atomic E-state index is 0.0593. The first-order chi connectivity index (χ1) is 8.72. The van der Waals surface area contributed by atoms with Gasteiger partial charge >= 0.3 is 12.0 Å². The Morgan fingerprint density at radius 1 is 1.37 bits per heavy atom. The molecule has 5 nitrogen and oxygen atoms in total. The summed E-state index contributed by atoms with van der Waals surface area (Å²) in [7, 11) is 0. The van der Waals surface area contributed by atoms with Gasteiger partial charge < -0.3 is 15.7 Å². The highest BCUT2D eigenvalue weighted by Crippen LogP contribution is 2.20. The monoisotopic (exact) mass is 328 g/mol. The van der Waals surface area contributed by atoms with Crippen molar-refractivity contribution >= 4 is 33.6 Å². The molecule has 19 heavy (non-hydrogen) atoms. The van der Waals surface area contributed by atoms with E-state index in [0.717, 1.165) is 10.0 Å². The van der Waals surface area contributed by atoms with Crippen LogP contribution in [0.25, 0.3) is 0 Å². The van der Waals surface area contributed by atoms with E-state index in [9.17, 15) is 9.59 Å². The van der Waals surface area contributed by atoms with Gasteiger partial charge in [0, 0.05) is 16.7 Å². The highest BCUT2D eigenvalue weighted by molar-refractivity contribution is 9.10. The summed E-state index contributed by atoms with van der Waals surface area (Å²) in [5, 5.41) is 14.2. The molecule has 0 saturated carbocycles. The maximum absolute atomic E-state index is 11.7. The molecule has 0 bridgehead atoms. The van der Waals surface area contributed by atoms with Gasteiger partial charge in [0.05, 0.1) is 5.41 Å². The van der Waals surface area contributed by atoms with Gasteiger partial charge in [0.15, 0.2) is 0 Å². The minimum Gasteiger partial charge on any atom is -0.481 e. The number of urea groups is 1. The molecule has 1 aromatic rings. The Morgan fingerprint density at radius 2 is 2.00 bits per heavy atom. The maximum atomic E-state index is 11.7. The number of amides is 2. The zero-order chi connectivity index (χ0) is 14.6. The number of hydrogen-bond donors (Lipinski definition) is 3. The van der Waals surface area contributed by atoms with E-state index in [0.29, 0.717) is 5.69 Å². The second-order valence-electron chi connectivity index (χ2n) is 4.96. The lowest BCUT2D eigenvalue weighted by Crippen LogP contribution is -2.40. The molecule has 0 aliphatic carbocycles. The Morgan fingerprint density at radius 3 is 2.53 bits per heavy atom. The van der Waals surface area contributed by atoms with Gasteiger partial charge in [0.2, 0.25) is 0 Å². The first kappa shape index (κ1) is 15.5. The van der Waals surface area contributed by atoms with Gasteiger partial charge in [-0.25, -0.2) is 4.79 Å². The third-order valence-corrected chi connectivity index (χ3v) is 3.20. The van der Waals surface area contributed by atoms with E-state index in [1.807, 2.05) is 19.1 Å². The summed E-state index contributed by atoms with van der Waals surface area (Å²) in [4.78, 5) is 22.6. The van der Waals surface area contributed by atoms with E-state index in [1.165, 1.54) is 0 Å². The Bertz CT molecular complexity index is 501. The van der Waals surface area contributed by atoms with Crippen molar-refractivity contribution in [2.75, 3.05) is 11.9 Å². The van der Waals surface area contributed by atoms with E-state index >= 15 is 0 Å². The number of carboxylic acids is 1. The van der Waals surface area contributed by atoms with Crippen molar-refractivity contribution in [2.45, 2.75) is 20.8 Å². The number of halogens is 1. The molecule has 0 aliphatic rings. The number of carbonyl (C=O) groups is 2. The van der Waals surface area contributed by atoms with Crippen molar-refractivity contribution in [2.24, 2.45) is 5.41 Å². The van der Waals surface area contributed by atoms with Crippen molar-refractivity contribution in [1.29, 1.82) is 0 Å². The summed E-state index contributed by atoms with van der Waals surface area (Å²) in [6.07, 6.45) is 0. The van der Waals surface area contributed by atoms with E-state index in [1.54, 1.807) is 19.9 Å². The summed E-state index contributed by atoms with van der Waals surface area (Å²) < 4.78 is 0.933. The number of aryl methyl sites for hydroxylation is 1. The number of anilines is 1. The van der Waals surface area contributed by atoms with Crippen molar-refractivity contribution in [3.63, 3.8) is 0 Å². The first-order valence-corrected chi connectivity index (χ1v) is 6.56. The normalized spacial score (nSPS) is 10.9. The number of rotatable bonds is 4. The molecule has 3 N–H and O–H groups in total. The number of carboxylic acid groups (broad SMARTS) is 1. The lowest BCUT2D eigenvalue weighted by atomic mass is 9.94. The predicted octanol–water partition coefficient (Wildman–Crippen LogP) is 2.99. The topological polar surface area (TPSA) is 78.4 Å². The average molecular weight is 329 g/mol. The highest BCUT2D eigenvalue weighted by Gasteiger charge is 2.27. The van der Waals surface area contributed by atoms with E-state index in [-0.39, 0.29) is 6.54 Å². The minimum atomic E-state index is -0.994. The molecular weight excluding hydrogens is 312 g/mol. The zero-order valence-electron chi connectivity index (χ0n) is 11.1. The summed E-state index contributed by atoms with van der Waals surface area (Å²) >= 11 is 3.34. The fraction of sp³-hybridized carbons (Fsp3) is 0.385. The standard InChI is InChI=1S/C13H17BrN2O3/c1-8-6-9(14)4-5-10(8)16-12(19)15-7-13(2,3)11(17)18/h4-6H,7H2,1-3H3,(H,17,18)(H2,15,16,19). The van der Waals surface area contributed by atoms with Crippen LogP contribution < -0.4 is 10.6 Å². The highest BCUT2D eigenvalue weighted by atomic mass is 79.9. The number of benzene rings is 1. The van der Waals surface area contributed by atoms with Crippen molar-refractivity contribution in [3.8, 4) is 0 Å². The fourth-order valence-corrected chi connectivity index (χ4v) is 1.79. The van der Waals surface area contributed by atoms with Crippen LogP contribution in [0.1, 0.15) is 19.4 Å². The molecule has 0 radical (unpaired) electrons. The molecule has 1 aromatic carbocycles. The predicted molar refractivity (Wildman–Crippen MR) is 77.3 cm³/mol. The van der Waals surface area contributed by atoms with Crippen LogP contribution in [0.15, 0.2) is 22.7 Å². The molecule has 2 amide bonds. The van der Waals surface area contributed by atoms with Gasteiger partial charge in [0.25, 0.3) is 0 Å². The Labute approximate surface area is 120 Å². The number of aliphatic carboxylic acids is 1. The molecule has 0 atom stereocenters. The average Bonchev–Trinajstić information content (AvgIpc) is 2.30. The van der Waals surface area contributed by atoms with E-state index < -0.39 is 17.4 Å². The molecule has 0 aliphatic heterocycles. The number of nitrogens with one attached hydrogen (secondary N) is 2. The van der Waals surface area contributed by atoms with Gasteiger partial charge in [-0.05, 0) is 44.5 Å². The van der Waals surface area contributed by atoms with Gasteiger partial charge in [-0.15, -0.1) is 0 Å². The molecule has 0 heterocycles. The quantitative estimate of drug-likeness (QED) is 0.795.